The Labute approximate surface area is 182 Å². The van der Waals surface area contributed by atoms with Crippen LogP contribution in [0.3, 0.4) is 0 Å². The van der Waals surface area contributed by atoms with Gasteiger partial charge in [-0.2, -0.15) is 5.26 Å². The summed E-state index contributed by atoms with van der Waals surface area (Å²) < 4.78 is 19.3. The number of anilines is 1. The van der Waals surface area contributed by atoms with E-state index in [-0.39, 0.29) is 5.82 Å². The van der Waals surface area contributed by atoms with E-state index in [4.69, 9.17) is 4.74 Å². The zero-order valence-electron chi connectivity index (χ0n) is 17.8. The fourth-order valence-electron chi connectivity index (χ4n) is 5.62. The first kappa shape index (κ1) is 20.3. The minimum atomic E-state index is -0.326. The van der Waals surface area contributed by atoms with Gasteiger partial charge in [0.15, 0.2) is 5.82 Å². The fraction of sp³-hybridized carbons (Fsp3) is 0.542. The molecule has 3 heterocycles. The first-order valence-corrected chi connectivity index (χ1v) is 11.2. The van der Waals surface area contributed by atoms with E-state index in [0.717, 1.165) is 38.2 Å². The summed E-state index contributed by atoms with van der Waals surface area (Å²) in [4.78, 5) is 0. The third-order valence-corrected chi connectivity index (χ3v) is 7.25. The Morgan fingerprint density at radius 3 is 3.00 bits per heavy atom. The highest BCUT2D eigenvalue weighted by Crippen LogP contribution is 2.41. The van der Waals surface area contributed by atoms with E-state index in [1.807, 2.05) is 6.92 Å². The summed E-state index contributed by atoms with van der Waals surface area (Å²) in [5.74, 6) is 2.20. The van der Waals surface area contributed by atoms with Crippen LogP contribution in [-0.2, 0) is 4.74 Å². The maximum absolute atomic E-state index is 13.7. The van der Waals surface area contributed by atoms with Gasteiger partial charge in [0.05, 0.1) is 11.3 Å². The highest BCUT2D eigenvalue weighted by Gasteiger charge is 2.44. The molecule has 2 N–H and O–H groups in total. The number of fused-ring (bicyclic) bond motifs is 1. The van der Waals surface area contributed by atoms with Gasteiger partial charge in [-0.3, -0.25) is 0 Å². The molecule has 2 aliphatic heterocycles. The van der Waals surface area contributed by atoms with Gasteiger partial charge in [0, 0.05) is 30.9 Å². The Balaban J connectivity index is 1.28. The number of hydrogen-bond acceptors (Lipinski definition) is 6. The van der Waals surface area contributed by atoms with Crippen molar-refractivity contribution in [1.82, 2.24) is 15.5 Å². The van der Waals surface area contributed by atoms with E-state index in [2.05, 4.69) is 26.9 Å². The van der Waals surface area contributed by atoms with Crippen LogP contribution in [0.15, 0.2) is 24.3 Å². The highest BCUT2D eigenvalue weighted by atomic mass is 19.1. The number of aromatic nitrogens is 2. The molecule has 2 saturated heterocycles. The van der Waals surface area contributed by atoms with E-state index in [1.54, 1.807) is 12.1 Å². The predicted molar refractivity (Wildman–Crippen MR) is 116 cm³/mol. The van der Waals surface area contributed by atoms with Crippen LogP contribution in [0.4, 0.5) is 10.2 Å². The summed E-state index contributed by atoms with van der Waals surface area (Å²) in [6.45, 7) is 4.76. The molecule has 5 rings (SSSR count). The van der Waals surface area contributed by atoms with Gasteiger partial charge in [0.25, 0.3) is 0 Å². The normalized spacial score (nSPS) is 29.6. The number of nitrogens with one attached hydrogen (secondary N) is 2. The molecular weight excluding hydrogens is 393 g/mol. The van der Waals surface area contributed by atoms with Crippen molar-refractivity contribution in [3.8, 4) is 17.3 Å². The zero-order chi connectivity index (χ0) is 21.4. The summed E-state index contributed by atoms with van der Waals surface area (Å²) in [5, 5.41) is 25.5. The van der Waals surface area contributed by atoms with Crippen LogP contribution in [0.5, 0.6) is 0 Å². The van der Waals surface area contributed by atoms with Crippen molar-refractivity contribution in [2.75, 3.05) is 25.1 Å². The SMILES string of the molecule is Cc1ccc(F)cc1-c1cc(C#N)c(N[C@H]2C[C@@H]3CN[C@@H](C[C@H]4CCOC4)[C@H]3C2)nn1. The minimum Gasteiger partial charge on any atom is -0.381 e. The number of ether oxygens (including phenoxy) is 1. The van der Waals surface area contributed by atoms with Crippen LogP contribution >= 0.6 is 0 Å². The van der Waals surface area contributed by atoms with Gasteiger partial charge in [0.2, 0.25) is 0 Å². The van der Waals surface area contributed by atoms with Crippen molar-refractivity contribution in [3.63, 3.8) is 0 Å². The third kappa shape index (κ3) is 4.15. The molecule has 0 spiro atoms. The van der Waals surface area contributed by atoms with Crippen LogP contribution in [0, 0.1) is 41.8 Å². The van der Waals surface area contributed by atoms with E-state index in [9.17, 15) is 9.65 Å². The molecule has 0 radical (unpaired) electrons. The van der Waals surface area contributed by atoms with Crippen LogP contribution < -0.4 is 10.6 Å². The van der Waals surface area contributed by atoms with Gasteiger partial charge in [-0.25, -0.2) is 4.39 Å². The number of nitrogens with zero attached hydrogens (tertiary/aromatic N) is 3. The van der Waals surface area contributed by atoms with Crippen LogP contribution in [-0.4, -0.2) is 42.0 Å². The summed E-state index contributed by atoms with van der Waals surface area (Å²) in [6, 6.07) is 9.37. The quantitative estimate of drug-likeness (QED) is 0.767. The Morgan fingerprint density at radius 1 is 1.29 bits per heavy atom. The first-order chi connectivity index (χ1) is 15.1. The van der Waals surface area contributed by atoms with Gasteiger partial charge < -0.3 is 15.4 Å². The van der Waals surface area contributed by atoms with Gasteiger partial charge >= 0.3 is 0 Å². The van der Waals surface area contributed by atoms with Crippen molar-refractivity contribution in [1.29, 1.82) is 5.26 Å². The largest absolute Gasteiger partial charge is 0.381 e. The molecule has 2 aromatic rings. The molecule has 1 saturated carbocycles. The van der Waals surface area contributed by atoms with Gasteiger partial charge in [-0.05, 0) is 80.7 Å². The number of aryl methyl sites for hydroxylation is 1. The number of nitriles is 1. The Morgan fingerprint density at radius 2 is 2.19 bits per heavy atom. The summed E-state index contributed by atoms with van der Waals surface area (Å²) in [7, 11) is 0. The Bertz CT molecular complexity index is 1000. The first-order valence-electron chi connectivity index (χ1n) is 11.2. The molecule has 0 amide bonds. The maximum Gasteiger partial charge on any atom is 0.166 e. The zero-order valence-corrected chi connectivity index (χ0v) is 17.8. The predicted octanol–water partition coefficient (Wildman–Crippen LogP) is 3.67. The molecule has 7 heteroatoms. The number of halogens is 1. The standard InChI is InChI=1S/C24H28FN5O/c1-14-2-3-18(25)9-20(14)23-8-16(11-26)24(30-29-23)28-19-7-17-12-27-22(21(17)10-19)6-15-4-5-31-13-15/h2-3,8-9,15,17,19,21-22,27H,4-7,10,12-13H2,1H3,(H,28,30)/t15-,17-,19+,21+,22+/m1/s1. The average molecular weight is 422 g/mol. The second kappa shape index (κ2) is 8.52. The van der Waals surface area contributed by atoms with Crippen molar-refractivity contribution >= 4 is 5.82 Å². The van der Waals surface area contributed by atoms with Crippen LogP contribution in [0.1, 0.15) is 36.8 Å². The van der Waals surface area contributed by atoms with E-state index in [1.165, 1.54) is 25.0 Å². The molecule has 1 aliphatic carbocycles. The van der Waals surface area contributed by atoms with Crippen LogP contribution in [0.25, 0.3) is 11.3 Å². The minimum absolute atomic E-state index is 0.294. The summed E-state index contributed by atoms with van der Waals surface area (Å²) in [6.07, 6.45) is 4.52. The molecule has 3 fully saturated rings. The topological polar surface area (TPSA) is 82.9 Å². The smallest absolute Gasteiger partial charge is 0.166 e. The second-order valence-corrected chi connectivity index (χ2v) is 9.28. The monoisotopic (exact) mass is 421 g/mol. The molecule has 1 aromatic carbocycles. The van der Waals surface area contributed by atoms with Crippen molar-refractivity contribution in [3.05, 3.63) is 41.2 Å². The number of benzene rings is 1. The number of hydrogen-bond donors (Lipinski definition) is 2. The lowest BCUT2D eigenvalue weighted by Gasteiger charge is -2.22. The molecule has 0 unspecified atom stereocenters. The molecular formula is C24H28FN5O. The Hall–Kier alpha value is -2.56. The lowest BCUT2D eigenvalue weighted by atomic mass is 9.88. The molecule has 162 valence electrons. The molecule has 3 aliphatic rings. The van der Waals surface area contributed by atoms with Gasteiger partial charge in [-0.15, -0.1) is 10.2 Å². The number of rotatable bonds is 5. The molecule has 0 bridgehead atoms. The summed E-state index contributed by atoms with van der Waals surface area (Å²) >= 11 is 0. The third-order valence-electron chi connectivity index (χ3n) is 7.25. The molecule has 1 aromatic heterocycles. The summed E-state index contributed by atoms with van der Waals surface area (Å²) in [5.41, 5.74) is 2.53. The Kier molecular flexibility index (Phi) is 5.59. The fourth-order valence-corrected chi connectivity index (χ4v) is 5.62. The van der Waals surface area contributed by atoms with Gasteiger partial charge in [-0.1, -0.05) is 6.07 Å². The molecule has 5 atom stereocenters. The second-order valence-electron chi connectivity index (χ2n) is 9.28. The van der Waals surface area contributed by atoms with Crippen molar-refractivity contribution in [2.45, 2.75) is 44.7 Å². The lowest BCUT2D eigenvalue weighted by molar-refractivity contribution is 0.179. The average Bonchev–Trinajstić information content (AvgIpc) is 3.50. The maximum atomic E-state index is 13.7. The lowest BCUT2D eigenvalue weighted by Crippen LogP contribution is -2.31. The van der Waals surface area contributed by atoms with Crippen molar-refractivity contribution < 1.29 is 9.13 Å². The molecule has 6 nitrogen and oxygen atoms in total. The highest BCUT2D eigenvalue weighted by molar-refractivity contribution is 5.67. The van der Waals surface area contributed by atoms with Gasteiger partial charge in [0.1, 0.15) is 11.9 Å². The van der Waals surface area contributed by atoms with Crippen LogP contribution in [0.2, 0.25) is 0 Å². The van der Waals surface area contributed by atoms with E-state index < -0.39 is 0 Å². The van der Waals surface area contributed by atoms with E-state index >= 15 is 0 Å². The van der Waals surface area contributed by atoms with E-state index in [0.29, 0.717) is 52.5 Å². The van der Waals surface area contributed by atoms with Crippen molar-refractivity contribution in [2.24, 2.45) is 17.8 Å². The molecule has 31 heavy (non-hydrogen) atoms.